The molecule has 7 amide bonds. The highest BCUT2D eigenvalue weighted by Crippen LogP contribution is 2.29. The molecule has 5 heterocycles. The van der Waals surface area contributed by atoms with Crippen LogP contribution in [0, 0.1) is 0 Å². The second kappa shape index (κ2) is 26.8. The van der Waals surface area contributed by atoms with Gasteiger partial charge in [-0.15, -0.1) is 0 Å². The SMILES string of the molecule is NCCOC(=O)N1CCN2C(=O)[C@@H]3Cc4ccccc4CN3C(=O)[C@H](Cc3ccc(OCc4ccccc4)cc3)NC(=O)[C@H](CN3CCNCC3)NC(=O)[C@@H](Cc3c[nH]c4ccccc34)NC(=O)[C@H](CCc3ccccc3)NC(=O)[C@@H]2C1. The van der Waals surface area contributed by atoms with Gasteiger partial charge < -0.3 is 61.5 Å². The molecule has 6 atom stereocenters. The van der Waals surface area contributed by atoms with Crippen LogP contribution in [-0.2, 0) is 72.3 Å². The lowest BCUT2D eigenvalue weighted by atomic mass is 9.91. The number of H-pyrrole nitrogens is 1. The Morgan fingerprint density at radius 1 is 0.585 bits per heavy atom. The Kier molecular flexibility index (Phi) is 18.5. The number of fused-ring (bicyclic) bond motifs is 4. The average Bonchev–Trinajstić information content (AvgIpc) is 3.98. The normalized spacial score (nSPS) is 22.3. The van der Waals surface area contributed by atoms with Crippen LogP contribution in [0.15, 0.2) is 140 Å². The number of piperazine rings is 2. The van der Waals surface area contributed by atoms with E-state index in [1.165, 1.54) is 14.7 Å². The molecule has 428 valence electrons. The van der Waals surface area contributed by atoms with Gasteiger partial charge in [0.05, 0.1) is 6.54 Å². The predicted octanol–water partition coefficient (Wildman–Crippen LogP) is 2.58. The van der Waals surface area contributed by atoms with Crippen LogP contribution in [0.5, 0.6) is 5.75 Å². The van der Waals surface area contributed by atoms with Gasteiger partial charge in [-0.3, -0.25) is 33.7 Å². The summed E-state index contributed by atoms with van der Waals surface area (Å²) in [5, 5.41) is 16.2. The lowest BCUT2D eigenvalue weighted by Crippen LogP contribution is -2.67. The third-order valence-electron chi connectivity index (χ3n) is 15.8. The molecule has 4 aliphatic heterocycles. The molecule has 3 saturated heterocycles. The van der Waals surface area contributed by atoms with Crippen molar-refractivity contribution in [1.29, 1.82) is 0 Å². The Bertz CT molecular complexity index is 3210. The first-order valence-electron chi connectivity index (χ1n) is 28.3. The van der Waals surface area contributed by atoms with Crippen molar-refractivity contribution in [3.63, 3.8) is 0 Å². The maximum Gasteiger partial charge on any atom is 0.409 e. The fourth-order valence-electron chi connectivity index (χ4n) is 11.3. The number of aromatic amines is 1. The minimum atomic E-state index is -1.37. The zero-order chi connectivity index (χ0) is 57.0. The fraction of sp³-hybridized carbons (Fsp3) is 0.371. The van der Waals surface area contributed by atoms with Crippen LogP contribution in [-0.4, -0.2) is 168 Å². The third-order valence-corrected chi connectivity index (χ3v) is 15.8. The predicted molar refractivity (Wildman–Crippen MR) is 307 cm³/mol. The van der Waals surface area contributed by atoms with Gasteiger partial charge in [0.2, 0.25) is 35.4 Å². The van der Waals surface area contributed by atoms with Crippen molar-refractivity contribution in [2.45, 2.75) is 81.5 Å². The number of nitrogens with one attached hydrogen (secondary N) is 6. The van der Waals surface area contributed by atoms with Crippen LogP contribution in [0.3, 0.4) is 0 Å². The van der Waals surface area contributed by atoms with E-state index in [4.69, 9.17) is 15.2 Å². The number of para-hydroxylation sites is 1. The first-order chi connectivity index (χ1) is 40.0. The largest absolute Gasteiger partial charge is 0.489 e. The van der Waals surface area contributed by atoms with Gasteiger partial charge in [-0.25, -0.2) is 4.79 Å². The number of aryl methyl sites for hydroxylation is 1. The number of nitrogens with zero attached hydrogens (tertiary/aromatic N) is 4. The van der Waals surface area contributed by atoms with Crippen LogP contribution in [0.1, 0.15) is 39.8 Å². The molecule has 1 aromatic heterocycles. The van der Waals surface area contributed by atoms with E-state index in [1.807, 2.05) is 121 Å². The molecular formula is C62H71N11O9. The molecule has 20 heteroatoms. The second-order valence-corrected chi connectivity index (χ2v) is 21.4. The van der Waals surface area contributed by atoms with E-state index in [0.717, 1.165) is 33.2 Å². The Hall–Kier alpha value is -8.59. The number of hydrogen-bond acceptors (Lipinski definition) is 12. The monoisotopic (exact) mass is 1110 g/mol. The number of carbonyl (C=O) groups excluding carboxylic acids is 7. The summed E-state index contributed by atoms with van der Waals surface area (Å²) >= 11 is 0. The third kappa shape index (κ3) is 13.9. The topological polar surface area (TPSA) is 253 Å². The van der Waals surface area contributed by atoms with E-state index in [0.29, 0.717) is 56.1 Å². The number of carbonyl (C=O) groups is 7. The molecule has 0 spiro atoms. The van der Waals surface area contributed by atoms with Crippen LogP contribution in [0.2, 0.25) is 0 Å². The van der Waals surface area contributed by atoms with Gasteiger partial charge in [0.15, 0.2) is 0 Å². The summed E-state index contributed by atoms with van der Waals surface area (Å²) < 4.78 is 11.5. The van der Waals surface area contributed by atoms with Crippen molar-refractivity contribution in [3.8, 4) is 5.75 Å². The number of rotatable bonds is 14. The van der Waals surface area contributed by atoms with Gasteiger partial charge in [0.25, 0.3) is 0 Å². The van der Waals surface area contributed by atoms with Crippen molar-refractivity contribution < 1.29 is 43.0 Å². The van der Waals surface area contributed by atoms with Gasteiger partial charge >= 0.3 is 6.09 Å². The highest BCUT2D eigenvalue weighted by atomic mass is 16.6. The quantitative estimate of drug-likeness (QED) is 0.0832. The Balaban J connectivity index is 1.06. The Morgan fingerprint density at radius 2 is 1.23 bits per heavy atom. The van der Waals surface area contributed by atoms with Gasteiger partial charge in [0, 0.05) is 95.3 Å². The summed E-state index contributed by atoms with van der Waals surface area (Å²) in [5.74, 6) is -3.25. The minimum Gasteiger partial charge on any atom is -0.489 e. The molecule has 8 N–H and O–H groups in total. The van der Waals surface area contributed by atoms with Crippen molar-refractivity contribution in [2.24, 2.45) is 5.73 Å². The molecule has 0 unspecified atom stereocenters. The van der Waals surface area contributed by atoms with E-state index in [9.17, 15) is 4.79 Å². The van der Waals surface area contributed by atoms with Gasteiger partial charge in [-0.2, -0.15) is 0 Å². The van der Waals surface area contributed by atoms with Crippen LogP contribution in [0.25, 0.3) is 10.9 Å². The molecule has 0 aliphatic carbocycles. The van der Waals surface area contributed by atoms with E-state index >= 15 is 28.8 Å². The summed E-state index contributed by atoms with van der Waals surface area (Å²) in [7, 11) is 0. The maximum absolute atomic E-state index is 15.8. The summed E-state index contributed by atoms with van der Waals surface area (Å²) in [6.07, 6.45) is 1.49. The maximum atomic E-state index is 15.8. The van der Waals surface area contributed by atoms with Crippen molar-refractivity contribution in [2.75, 3.05) is 65.5 Å². The van der Waals surface area contributed by atoms with E-state index < -0.39 is 77.8 Å². The number of aromatic nitrogens is 1. The first-order valence-corrected chi connectivity index (χ1v) is 28.3. The van der Waals surface area contributed by atoms with Gasteiger partial charge in [-0.05, 0) is 64.4 Å². The lowest BCUT2D eigenvalue weighted by Gasteiger charge is -2.45. The molecule has 5 aromatic carbocycles. The first kappa shape index (κ1) is 56.7. The molecule has 20 nitrogen and oxygen atoms in total. The number of amides is 7. The Morgan fingerprint density at radius 3 is 1.99 bits per heavy atom. The summed E-state index contributed by atoms with van der Waals surface area (Å²) in [6, 6.07) is 33.9. The molecular weight excluding hydrogens is 1040 g/mol. The smallest absolute Gasteiger partial charge is 0.409 e. The van der Waals surface area contributed by atoms with Gasteiger partial charge in [-0.1, -0.05) is 115 Å². The molecule has 3 fully saturated rings. The van der Waals surface area contributed by atoms with Crippen LogP contribution < -0.4 is 37.1 Å². The average molecular weight is 1110 g/mol. The molecule has 82 heavy (non-hydrogen) atoms. The highest BCUT2D eigenvalue weighted by molar-refractivity contribution is 5.99. The molecule has 4 aliphatic rings. The van der Waals surface area contributed by atoms with Crippen LogP contribution in [0.4, 0.5) is 4.79 Å². The number of hydrogen-bond donors (Lipinski definition) is 7. The van der Waals surface area contributed by atoms with Crippen molar-refractivity contribution >= 4 is 52.4 Å². The molecule has 0 bridgehead atoms. The number of nitrogens with two attached hydrogens (primary N) is 1. The molecule has 0 radical (unpaired) electrons. The van der Waals surface area contributed by atoms with Gasteiger partial charge in [0.1, 0.15) is 55.2 Å². The van der Waals surface area contributed by atoms with Crippen molar-refractivity contribution in [1.82, 2.24) is 51.2 Å². The highest BCUT2D eigenvalue weighted by Gasteiger charge is 2.46. The van der Waals surface area contributed by atoms with E-state index in [1.54, 1.807) is 18.3 Å². The zero-order valence-corrected chi connectivity index (χ0v) is 45.8. The molecule has 6 aromatic rings. The molecule has 0 saturated carbocycles. The van der Waals surface area contributed by atoms with Crippen molar-refractivity contribution in [3.05, 3.63) is 173 Å². The fourth-order valence-corrected chi connectivity index (χ4v) is 11.3. The van der Waals surface area contributed by atoms with Crippen LogP contribution >= 0.6 is 0 Å². The Labute approximate surface area is 476 Å². The summed E-state index contributed by atoms with van der Waals surface area (Å²) in [5.41, 5.74) is 11.4. The summed E-state index contributed by atoms with van der Waals surface area (Å²) in [6.45, 7) is 2.34. The standard InChI is InChI=1S/C62H71N11O9/c63-25-32-81-62(80)71-30-31-72-55(39-71)59(77)66-50(24-21-41-11-3-1-4-12-41)56(74)67-51(34-46-36-65-49-18-10-9-17-48(46)49)57(75)69-53(38-70-28-26-64-27-29-70)58(76)68-52(33-42-19-22-47(23-20-42)82-40-43-13-5-2-6-14-43)60(78)73-37-45-16-8-7-15-44(45)35-54(73)61(72)79/h1-20,22-23,36,50-55,64-65H,21,24-35,37-40,63H2,(H,66,77)(H,67,74)(H,68,76)(H,69,75)/t50-,51+,52-,53-,54-,55-/m0/s1. The molecule has 10 rings (SSSR count). The minimum absolute atomic E-state index is 0.00944. The second-order valence-electron chi connectivity index (χ2n) is 21.4. The lowest BCUT2D eigenvalue weighted by molar-refractivity contribution is -0.154. The number of benzene rings is 5. The number of ether oxygens (including phenoxy) is 2. The van der Waals surface area contributed by atoms with E-state index in [-0.39, 0.29) is 71.6 Å². The van der Waals surface area contributed by atoms with E-state index in [2.05, 4.69) is 36.5 Å². The zero-order valence-electron chi connectivity index (χ0n) is 45.8. The summed E-state index contributed by atoms with van der Waals surface area (Å²) in [4.78, 5) is 116.